The Kier molecular flexibility index (Phi) is 6.40. The van der Waals surface area contributed by atoms with Crippen LogP contribution >= 0.6 is 0 Å². The number of amides is 1. The Balaban J connectivity index is 1.64. The number of methoxy groups -OCH3 is 2. The second-order valence-corrected chi connectivity index (χ2v) is 9.00. The minimum atomic E-state index is -0.549. The number of carbonyl (C=O) groups excluding carboxylic acids is 1. The highest BCUT2D eigenvalue weighted by Crippen LogP contribution is 2.40. The molecule has 1 aliphatic heterocycles. The Morgan fingerprint density at radius 1 is 0.919 bits per heavy atom. The van der Waals surface area contributed by atoms with Crippen molar-refractivity contribution in [2.24, 2.45) is 0 Å². The van der Waals surface area contributed by atoms with Crippen LogP contribution in [0.1, 0.15) is 29.7 Å². The van der Waals surface area contributed by atoms with Crippen LogP contribution in [0.25, 0.3) is 11.4 Å². The second-order valence-electron chi connectivity index (χ2n) is 9.00. The topological polar surface area (TPSA) is 90.3 Å². The number of nitrogens with zero attached hydrogens (tertiary/aromatic N) is 3. The maximum Gasteiger partial charge on any atom is 0.255 e. The van der Waals surface area contributed by atoms with Crippen molar-refractivity contribution >= 4 is 17.5 Å². The van der Waals surface area contributed by atoms with E-state index in [-0.39, 0.29) is 5.91 Å². The lowest BCUT2D eigenvalue weighted by atomic mass is 9.94. The fourth-order valence-corrected chi connectivity index (χ4v) is 4.50. The molecule has 1 aromatic heterocycles. The molecule has 5 rings (SSSR count). The van der Waals surface area contributed by atoms with Crippen molar-refractivity contribution in [3.05, 3.63) is 94.7 Å². The number of rotatable bonds is 6. The number of carbonyl (C=O) groups is 1. The highest BCUT2D eigenvalue weighted by molar-refractivity contribution is 6.06. The van der Waals surface area contributed by atoms with Crippen LogP contribution in [0.3, 0.4) is 0 Å². The van der Waals surface area contributed by atoms with Crippen molar-refractivity contribution in [1.29, 1.82) is 0 Å². The normalized spacial score (nSPS) is 14.6. The lowest BCUT2D eigenvalue weighted by Gasteiger charge is -2.29. The zero-order chi connectivity index (χ0) is 26.1. The lowest BCUT2D eigenvalue weighted by Crippen LogP contribution is -2.31. The summed E-state index contributed by atoms with van der Waals surface area (Å²) >= 11 is 0. The first-order valence-electron chi connectivity index (χ1n) is 12.0. The molecule has 0 saturated heterocycles. The number of nitrogens with one attached hydrogen (secondary N) is 2. The third kappa shape index (κ3) is 4.53. The molecule has 0 spiro atoms. The summed E-state index contributed by atoms with van der Waals surface area (Å²) in [5, 5.41) is 11.2. The Hall–Kier alpha value is -4.59. The molecule has 0 aliphatic carbocycles. The van der Waals surface area contributed by atoms with Gasteiger partial charge in [-0.2, -0.15) is 4.98 Å². The van der Waals surface area contributed by atoms with E-state index in [1.54, 1.807) is 18.9 Å². The van der Waals surface area contributed by atoms with E-state index in [1.165, 1.54) is 5.56 Å². The molecule has 1 amide bonds. The highest BCUT2D eigenvalue weighted by atomic mass is 16.5. The zero-order valence-corrected chi connectivity index (χ0v) is 21.5. The Morgan fingerprint density at radius 3 is 2.38 bits per heavy atom. The van der Waals surface area contributed by atoms with Gasteiger partial charge in [-0.3, -0.25) is 4.79 Å². The van der Waals surface area contributed by atoms with E-state index in [9.17, 15) is 4.79 Å². The third-order valence-corrected chi connectivity index (χ3v) is 6.62. The molecule has 37 heavy (non-hydrogen) atoms. The first kappa shape index (κ1) is 24.1. The molecule has 1 unspecified atom stereocenters. The Bertz CT molecular complexity index is 1510. The van der Waals surface area contributed by atoms with E-state index in [2.05, 4.69) is 36.6 Å². The van der Waals surface area contributed by atoms with E-state index < -0.39 is 6.04 Å². The lowest BCUT2D eigenvalue weighted by molar-refractivity contribution is -0.113. The van der Waals surface area contributed by atoms with Gasteiger partial charge in [0.2, 0.25) is 5.95 Å². The number of ether oxygens (including phenoxy) is 2. The highest BCUT2D eigenvalue weighted by Gasteiger charge is 2.35. The molecule has 2 heterocycles. The summed E-state index contributed by atoms with van der Waals surface area (Å²) in [6, 6.07) is 20.6. The molecule has 188 valence electrons. The van der Waals surface area contributed by atoms with Gasteiger partial charge in [-0.15, -0.1) is 5.10 Å². The molecule has 0 bridgehead atoms. The van der Waals surface area contributed by atoms with Crippen LogP contribution in [0.5, 0.6) is 11.5 Å². The molecule has 8 heteroatoms. The molecule has 0 saturated carbocycles. The van der Waals surface area contributed by atoms with Gasteiger partial charge in [0.25, 0.3) is 5.91 Å². The van der Waals surface area contributed by atoms with Gasteiger partial charge < -0.3 is 20.1 Å². The van der Waals surface area contributed by atoms with Crippen LogP contribution in [-0.2, 0) is 4.79 Å². The van der Waals surface area contributed by atoms with Crippen molar-refractivity contribution in [2.75, 3.05) is 24.9 Å². The maximum atomic E-state index is 13.7. The molecule has 8 nitrogen and oxygen atoms in total. The van der Waals surface area contributed by atoms with Crippen LogP contribution < -0.4 is 20.1 Å². The average Bonchev–Trinajstić information content (AvgIpc) is 3.33. The van der Waals surface area contributed by atoms with Crippen LogP contribution in [0, 0.1) is 13.8 Å². The molecule has 4 aromatic rings. The Labute approximate surface area is 216 Å². The summed E-state index contributed by atoms with van der Waals surface area (Å²) in [4.78, 5) is 18.5. The SMILES string of the molecule is COc1ccc(C2C(C(=O)Nc3ccccc3)=C(C)Nc3nc(-c4ccc(C)c(C)c4)nn32)cc1OC. The van der Waals surface area contributed by atoms with Gasteiger partial charge in [0, 0.05) is 16.9 Å². The van der Waals surface area contributed by atoms with Gasteiger partial charge in [0.15, 0.2) is 17.3 Å². The van der Waals surface area contributed by atoms with Crippen molar-refractivity contribution in [3.8, 4) is 22.9 Å². The maximum absolute atomic E-state index is 13.7. The number of hydrogen-bond acceptors (Lipinski definition) is 6. The van der Waals surface area contributed by atoms with E-state index in [1.807, 2.05) is 61.5 Å². The van der Waals surface area contributed by atoms with Gasteiger partial charge in [-0.25, -0.2) is 4.68 Å². The van der Waals surface area contributed by atoms with Crippen molar-refractivity contribution in [2.45, 2.75) is 26.8 Å². The smallest absolute Gasteiger partial charge is 0.255 e. The molecule has 1 aliphatic rings. The van der Waals surface area contributed by atoms with Gasteiger partial charge in [0.1, 0.15) is 6.04 Å². The monoisotopic (exact) mass is 495 g/mol. The minimum absolute atomic E-state index is 0.232. The largest absolute Gasteiger partial charge is 0.493 e. The second kappa shape index (κ2) is 9.81. The first-order valence-corrected chi connectivity index (χ1v) is 12.0. The van der Waals surface area contributed by atoms with Gasteiger partial charge in [0.05, 0.1) is 19.8 Å². The van der Waals surface area contributed by atoms with Gasteiger partial charge >= 0.3 is 0 Å². The number of fused-ring (bicyclic) bond motifs is 1. The fraction of sp³-hybridized carbons (Fsp3) is 0.207. The first-order chi connectivity index (χ1) is 17.9. The molecule has 2 N–H and O–H groups in total. The molecule has 3 aromatic carbocycles. The number of aryl methyl sites for hydroxylation is 2. The molecule has 0 fully saturated rings. The van der Waals surface area contributed by atoms with Crippen LogP contribution in [0.2, 0.25) is 0 Å². The van der Waals surface area contributed by atoms with Crippen molar-refractivity contribution in [1.82, 2.24) is 14.8 Å². The molecular weight excluding hydrogens is 466 g/mol. The van der Waals surface area contributed by atoms with Crippen LogP contribution in [0.15, 0.2) is 78.0 Å². The Morgan fingerprint density at radius 2 is 1.68 bits per heavy atom. The summed E-state index contributed by atoms with van der Waals surface area (Å²) in [5.41, 5.74) is 6.01. The summed E-state index contributed by atoms with van der Waals surface area (Å²) in [6.07, 6.45) is 0. The fourth-order valence-electron chi connectivity index (χ4n) is 4.50. The quantitative estimate of drug-likeness (QED) is 0.367. The third-order valence-electron chi connectivity index (χ3n) is 6.62. The number of allylic oxidation sites excluding steroid dienone is 1. The van der Waals surface area contributed by atoms with E-state index in [0.29, 0.717) is 40.2 Å². The number of benzene rings is 3. The number of para-hydroxylation sites is 1. The van der Waals surface area contributed by atoms with Gasteiger partial charge in [-0.05, 0) is 67.8 Å². The van der Waals surface area contributed by atoms with E-state index in [0.717, 1.165) is 16.7 Å². The summed E-state index contributed by atoms with van der Waals surface area (Å²) in [5.74, 6) is 2.07. The summed E-state index contributed by atoms with van der Waals surface area (Å²) < 4.78 is 12.8. The average molecular weight is 496 g/mol. The van der Waals surface area contributed by atoms with Gasteiger partial charge in [-0.1, -0.05) is 36.4 Å². The molecular formula is C29H29N5O3. The number of hydrogen-bond donors (Lipinski definition) is 2. The predicted molar refractivity (Wildman–Crippen MR) is 144 cm³/mol. The van der Waals surface area contributed by atoms with Crippen LogP contribution in [-0.4, -0.2) is 34.9 Å². The van der Waals surface area contributed by atoms with E-state index >= 15 is 0 Å². The van der Waals surface area contributed by atoms with Crippen molar-refractivity contribution in [3.63, 3.8) is 0 Å². The zero-order valence-electron chi connectivity index (χ0n) is 21.5. The molecule has 0 radical (unpaired) electrons. The van der Waals surface area contributed by atoms with E-state index in [4.69, 9.17) is 19.6 Å². The number of aromatic nitrogens is 3. The van der Waals surface area contributed by atoms with Crippen LogP contribution in [0.4, 0.5) is 11.6 Å². The summed E-state index contributed by atoms with van der Waals surface area (Å²) in [7, 11) is 3.18. The predicted octanol–water partition coefficient (Wildman–Crippen LogP) is 5.51. The standard InChI is InChI=1S/C29H29N5O3/c1-17-11-12-21(15-18(17)2)27-32-29-30-19(3)25(28(35)31-22-9-7-6-8-10-22)26(34(29)33-27)20-13-14-23(36-4)24(16-20)37-5/h6-16,26H,1-5H3,(H,31,35)(H,30,32,33). The minimum Gasteiger partial charge on any atom is -0.493 e. The van der Waals surface area contributed by atoms with Crippen molar-refractivity contribution < 1.29 is 14.3 Å². The number of anilines is 2. The molecule has 1 atom stereocenters. The summed E-state index contributed by atoms with van der Waals surface area (Å²) in [6.45, 7) is 6.02.